The number of aromatic nitrogens is 3. The van der Waals surface area contributed by atoms with Crippen molar-refractivity contribution in [3.63, 3.8) is 0 Å². The molecule has 0 unspecified atom stereocenters. The molecule has 0 fully saturated rings. The third kappa shape index (κ3) is 2.42. The van der Waals surface area contributed by atoms with Crippen LogP contribution in [0.4, 0.5) is 4.39 Å². The van der Waals surface area contributed by atoms with Gasteiger partial charge in [-0.05, 0) is 23.6 Å². The quantitative estimate of drug-likeness (QED) is 0.894. The normalized spacial score (nSPS) is 11.5. The number of rotatable bonds is 3. The zero-order valence-electron chi connectivity index (χ0n) is 11.2. The molecule has 0 bridgehead atoms. The fraction of sp³-hybridized carbons (Fsp3) is 0.429. The van der Waals surface area contributed by atoms with Crippen LogP contribution in [-0.4, -0.2) is 15.2 Å². The van der Waals surface area contributed by atoms with E-state index in [2.05, 4.69) is 15.2 Å². The van der Waals surface area contributed by atoms with Gasteiger partial charge in [0.05, 0.1) is 5.56 Å². The highest BCUT2D eigenvalue weighted by Crippen LogP contribution is 2.24. The molecule has 1 heterocycles. The molecule has 0 aliphatic heterocycles. The van der Waals surface area contributed by atoms with E-state index in [4.69, 9.17) is 0 Å². The summed E-state index contributed by atoms with van der Waals surface area (Å²) >= 11 is 0. The lowest BCUT2D eigenvalue weighted by Gasteiger charge is -2.06. The van der Waals surface area contributed by atoms with E-state index in [1.165, 1.54) is 0 Å². The van der Waals surface area contributed by atoms with E-state index >= 15 is 0 Å². The lowest BCUT2D eigenvalue weighted by atomic mass is 10.0. The second kappa shape index (κ2) is 4.88. The number of nitrogens with one attached hydrogen (secondary N) is 1. The third-order valence-electron chi connectivity index (χ3n) is 2.95. The van der Waals surface area contributed by atoms with Crippen LogP contribution in [0.2, 0.25) is 0 Å². The van der Waals surface area contributed by atoms with Crippen molar-refractivity contribution >= 4 is 0 Å². The second-order valence-electron chi connectivity index (χ2n) is 5.09. The molecular weight excluding hydrogens is 229 g/mol. The maximum atomic E-state index is 14.0. The zero-order chi connectivity index (χ0) is 13.3. The lowest BCUT2D eigenvalue weighted by molar-refractivity contribution is 0.625. The standard InChI is InChI=1S/C14H18FN3/c1-8(2)10-5-6-11(12(15)7-10)14-16-13(9(3)4)17-18-14/h5-9H,1-4H3,(H,16,17,18). The number of hydrogen-bond donors (Lipinski definition) is 1. The van der Waals surface area contributed by atoms with Crippen molar-refractivity contribution in [2.75, 3.05) is 0 Å². The van der Waals surface area contributed by atoms with Crippen LogP contribution in [0.3, 0.4) is 0 Å². The first-order chi connectivity index (χ1) is 8.49. The number of H-pyrrole nitrogens is 1. The van der Waals surface area contributed by atoms with Crippen molar-refractivity contribution in [3.8, 4) is 11.4 Å². The van der Waals surface area contributed by atoms with Crippen molar-refractivity contribution in [1.29, 1.82) is 0 Å². The molecule has 1 aromatic heterocycles. The molecule has 96 valence electrons. The van der Waals surface area contributed by atoms with Gasteiger partial charge >= 0.3 is 0 Å². The van der Waals surface area contributed by atoms with Crippen molar-refractivity contribution in [2.24, 2.45) is 0 Å². The summed E-state index contributed by atoms with van der Waals surface area (Å²) in [5.41, 5.74) is 1.43. The summed E-state index contributed by atoms with van der Waals surface area (Å²) in [6.45, 7) is 8.11. The number of halogens is 1. The van der Waals surface area contributed by atoms with Crippen LogP contribution >= 0.6 is 0 Å². The van der Waals surface area contributed by atoms with E-state index in [0.717, 1.165) is 11.4 Å². The van der Waals surface area contributed by atoms with Gasteiger partial charge in [0.15, 0.2) is 5.82 Å². The summed E-state index contributed by atoms with van der Waals surface area (Å²) in [7, 11) is 0. The molecule has 0 radical (unpaired) electrons. The molecule has 0 amide bonds. The molecule has 3 nitrogen and oxygen atoms in total. The summed E-state index contributed by atoms with van der Waals surface area (Å²) in [5.74, 6) is 1.50. The lowest BCUT2D eigenvalue weighted by Crippen LogP contribution is -1.93. The van der Waals surface area contributed by atoms with E-state index in [0.29, 0.717) is 17.3 Å². The van der Waals surface area contributed by atoms with E-state index in [1.54, 1.807) is 12.1 Å². The Balaban J connectivity index is 2.38. The minimum Gasteiger partial charge on any atom is -0.262 e. The van der Waals surface area contributed by atoms with Gasteiger partial charge < -0.3 is 0 Å². The highest BCUT2D eigenvalue weighted by Gasteiger charge is 2.13. The van der Waals surface area contributed by atoms with Gasteiger partial charge in [0.2, 0.25) is 0 Å². The molecule has 2 aromatic rings. The Labute approximate surface area is 106 Å². The molecule has 1 aromatic carbocycles. The fourth-order valence-electron chi connectivity index (χ4n) is 1.72. The van der Waals surface area contributed by atoms with Gasteiger partial charge in [-0.15, -0.1) is 0 Å². The molecule has 0 atom stereocenters. The maximum absolute atomic E-state index is 14.0. The zero-order valence-corrected chi connectivity index (χ0v) is 11.2. The van der Waals surface area contributed by atoms with Gasteiger partial charge in [0.25, 0.3) is 0 Å². The Morgan fingerprint density at radius 1 is 1.11 bits per heavy atom. The maximum Gasteiger partial charge on any atom is 0.184 e. The molecule has 2 rings (SSSR count). The van der Waals surface area contributed by atoms with E-state index < -0.39 is 0 Å². The van der Waals surface area contributed by atoms with Crippen LogP contribution in [0, 0.1) is 5.82 Å². The summed E-state index contributed by atoms with van der Waals surface area (Å²) in [5, 5.41) is 6.91. The largest absolute Gasteiger partial charge is 0.262 e. The van der Waals surface area contributed by atoms with Crippen LogP contribution in [0.5, 0.6) is 0 Å². The number of nitrogens with zero attached hydrogens (tertiary/aromatic N) is 2. The average Bonchev–Trinajstić information content (AvgIpc) is 2.78. The van der Waals surface area contributed by atoms with E-state index in [9.17, 15) is 4.39 Å². The Morgan fingerprint density at radius 3 is 2.33 bits per heavy atom. The Hall–Kier alpha value is -1.71. The summed E-state index contributed by atoms with van der Waals surface area (Å²) in [4.78, 5) is 4.31. The van der Waals surface area contributed by atoms with Crippen LogP contribution in [0.15, 0.2) is 18.2 Å². The monoisotopic (exact) mass is 247 g/mol. The van der Waals surface area contributed by atoms with Gasteiger partial charge in [0, 0.05) is 5.92 Å². The highest BCUT2D eigenvalue weighted by molar-refractivity contribution is 5.56. The summed E-state index contributed by atoms with van der Waals surface area (Å²) in [6, 6.07) is 5.23. The predicted octanol–water partition coefficient (Wildman–Crippen LogP) is 3.86. The SMILES string of the molecule is CC(C)c1ccc(-c2n[nH]c(C(C)C)n2)c(F)c1. The van der Waals surface area contributed by atoms with Crippen LogP contribution in [0.1, 0.15) is 50.9 Å². The number of benzene rings is 1. The van der Waals surface area contributed by atoms with Gasteiger partial charge in [-0.1, -0.05) is 33.8 Å². The molecule has 0 aliphatic rings. The Kier molecular flexibility index (Phi) is 3.45. The first-order valence-electron chi connectivity index (χ1n) is 6.21. The summed E-state index contributed by atoms with van der Waals surface area (Å²) in [6.07, 6.45) is 0. The van der Waals surface area contributed by atoms with Crippen molar-refractivity contribution in [1.82, 2.24) is 15.2 Å². The molecule has 1 N–H and O–H groups in total. The van der Waals surface area contributed by atoms with Gasteiger partial charge in [-0.3, -0.25) is 5.10 Å². The average molecular weight is 247 g/mol. The fourth-order valence-corrected chi connectivity index (χ4v) is 1.72. The molecule has 0 saturated heterocycles. The molecule has 18 heavy (non-hydrogen) atoms. The van der Waals surface area contributed by atoms with Crippen LogP contribution in [0.25, 0.3) is 11.4 Å². The topological polar surface area (TPSA) is 41.6 Å². The van der Waals surface area contributed by atoms with Gasteiger partial charge in [-0.25, -0.2) is 9.37 Å². The van der Waals surface area contributed by atoms with Crippen LogP contribution in [-0.2, 0) is 0 Å². The number of aromatic amines is 1. The second-order valence-corrected chi connectivity index (χ2v) is 5.09. The Bertz CT molecular complexity index is 544. The van der Waals surface area contributed by atoms with Crippen LogP contribution < -0.4 is 0 Å². The molecular formula is C14H18FN3. The summed E-state index contributed by atoms with van der Waals surface area (Å²) < 4.78 is 14.0. The Morgan fingerprint density at radius 2 is 1.83 bits per heavy atom. The van der Waals surface area contributed by atoms with E-state index in [1.807, 2.05) is 33.8 Å². The minimum atomic E-state index is -0.268. The predicted molar refractivity (Wildman–Crippen MR) is 70.0 cm³/mol. The molecule has 0 saturated carbocycles. The van der Waals surface area contributed by atoms with E-state index in [-0.39, 0.29) is 11.7 Å². The first-order valence-corrected chi connectivity index (χ1v) is 6.21. The first kappa shape index (κ1) is 12.7. The molecule has 0 spiro atoms. The number of hydrogen-bond acceptors (Lipinski definition) is 2. The van der Waals surface area contributed by atoms with Crippen molar-refractivity contribution < 1.29 is 4.39 Å². The van der Waals surface area contributed by atoms with Crippen molar-refractivity contribution in [2.45, 2.75) is 39.5 Å². The van der Waals surface area contributed by atoms with Gasteiger partial charge in [-0.2, -0.15) is 5.10 Å². The van der Waals surface area contributed by atoms with Gasteiger partial charge in [0.1, 0.15) is 11.6 Å². The third-order valence-corrected chi connectivity index (χ3v) is 2.95. The smallest absolute Gasteiger partial charge is 0.184 e. The minimum absolute atomic E-state index is 0.254. The highest BCUT2D eigenvalue weighted by atomic mass is 19.1. The molecule has 0 aliphatic carbocycles. The van der Waals surface area contributed by atoms with Crippen molar-refractivity contribution in [3.05, 3.63) is 35.4 Å². The molecule has 4 heteroatoms.